The van der Waals surface area contributed by atoms with E-state index in [9.17, 15) is 22.8 Å². The molecule has 0 heterocycles. The zero-order chi connectivity index (χ0) is 17.9. The van der Waals surface area contributed by atoms with Crippen LogP contribution in [0.4, 0.5) is 24.5 Å². The molecule has 0 saturated carbocycles. The van der Waals surface area contributed by atoms with Crippen molar-refractivity contribution in [1.82, 2.24) is 0 Å². The van der Waals surface area contributed by atoms with Gasteiger partial charge in [-0.05, 0) is 37.3 Å². The Morgan fingerprint density at radius 3 is 2.33 bits per heavy atom. The molecular formula is C16H13F3N2O3. The van der Waals surface area contributed by atoms with Crippen molar-refractivity contribution in [3.8, 4) is 0 Å². The number of carbonyl (C=O) groups is 2. The van der Waals surface area contributed by atoms with Gasteiger partial charge in [0.25, 0.3) is 5.91 Å². The van der Waals surface area contributed by atoms with Gasteiger partial charge in [-0.3, -0.25) is 4.79 Å². The number of nitrogens with one attached hydrogen (secondary N) is 1. The van der Waals surface area contributed by atoms with E-state index in [4.69, 9.17) is 10.5 Å². The Balaban J connectivity index is 2.04. The number of rotatable bonds is 4. The third kappa shape index (κ3) is 4.03. The van der Waals surface area contributed by atoms with Gasteiger partial charge in [0.05, 0.1) is 11.3 Å². The van der Waals surface area contributed by atoms with Crippen LogP contribution in [0.25, 0.3) is 0 Å². The molecule has 5 nitrogen and oxygen atoms in total. The summed E-state index contributed by atoms with van der Waals surface area (Å²) in [4.78, 5) is 23.8. The van der Waals surface area contributed by atoms with E-state index in [-0.39, 0.29) is 16.9 Å². The Bertz CT molecular complexity index is 796. The van der Waals surface area contributed by atoms with E-state index in [2.05, 4.69) is 5.32 Å². The fourth-order valence-corrected chi connectivity index (χ4v) is 1.82. The molecule has 0 bridgehead atoms. The lowest BCUT2D eigenvalue weighted by Gasteiger charge is -2.14. The summed E-state index contributed by atoms with van der Waals surface area (Å²) in [7, 11) is 0. The van der Waals surface area contributed by atoms with E-state index in [0.717, 1.165) is 30.3 Å². The third-order valence-corrected chi connectivity index (χ3v) is 3.08. The van der Waals surface area contributed by atoms with Gasteiger partial charge in [0.1, 0.15) is 17.5 Å². The molecule has 0 aliphatic carbocycles. The lowest BCUT2D eigenvalue weighted by atomic mass is 10.2. The monoisotopic (exact) mass is 338 g/mol. The molecular weight excluding hydrogens is 325 g/mol. The number of nitrogen functional groups attached to an aromatic ring is 1. The first-order valence-corrected chi connectivity index (χ1v) is 6.80. The van der Waals surface area contributed by atoms with Crippen molar-refractivity contribution in [2.45, 2.75) is 13.0 Å². The maximum Gasteiger partial charge on any atom is 0.341 e. The summed E-state index contributed by atoms with van der Waals surface area (Å²) in [6.07, 6.45) is -1.29. The standard InChI is InChI=1S/C16H13F3N2O3/c1-8(15(22)21-14-5-3-9(17)6-12(14)19)24-16(23)11-4-2-10(18)7-13(11)20/h2-8H,20H2,1H3,(H,21,22)/t8-/m1/s1. The molecule has 0 radical (unpaired) electrons. The summed E-state index contributed by atoms with van der Waals surface area (Å²) in [5.74, 6) is -4.15. The molecule has 8 heteroatoms. The van der Waals surface area contributed by atoms with Gasteiger partial charge < -0.3 is 15.8 Å². The molecule has 2 aromatic carbocycles. The van der Waals surface area contributed by atoms with Crippen LogP contribution >= 0.6 is 0 Å². The van der Waals surface area contributed by atoms with Crippen molar-refractivity contribution in [1.29, 1.82) is 0 Å². The number of hydrogen-bond donors (Lipinski definition) is 2. The number of halogens is 3. The lowest BCUT2D eigenvalue weighted by Crippen LogP contribution is -2.30. The molecule has 2 aromatic rings. The number of hydrogen-bond acceptors (Lipinski definition) is 4. The molecule has 0 aliphatic rings. The van der Waals surface area contributed by atoms with Gasteiger partial charge in [0, 0.05) is 11.8 Å². The van der Waals surface area contributed by atoms with Crippen molar-refractivity contribution in [3.63, 3.8) is 0 Å². The van der Waals surface area contributed by atoms with Crippen LogP contribution in [0, 0.1) is 17.5 Å². The molecule has 0 saturated heterocycles. The Morgan fingerprint density at radius 1 is 1.08 bits per heavy atom. The summed E-state index contributed by atoms with van der Waals surface area (Å²) in [6, 6.07) is 5.69. The Kier molecular flexibility index (Phi) is 5.08. The smallest absolute Gasteiger partial charge is 0.341 e. The quantitative estimate of drug-likeness (QED) is 0.663. The third-order valence-electron chi connectivity index (χ3n) is 3.08. The highest BCUT2D eigenvalue weighted by atomic mass is 19.1. The van der Waals surface area contributed by atoms with Crippen LogP contribution in [-0.2, 0) is 9.53 Å². The number of esters is 1. The predicted octanol–water partition coefficient (Wildman–Crippen LogP) is 2.87. The number of ether oxygens (including phenoxy) is 1. The summed E-state index contributed by atoms with van der Waals surface area (Å²) in [6.45, 7) is 1.26. The summed E-state index contributed by atoms with van der Waals surface area (Å²) in [5, 5.41) is 2.17. The minimum Gasteiger partial charge on any atom is -0.449 e. The fourth-order valence-electron chi connectivity index (χ4n) is 1.82. The fraction of sp³-hybridized carbons (Fsp3) is 0.125. The van der Waals surface area contributed by atoms with E-state index < -0.39 is 35.4 Å². The number of benzene rings is 2. The molecule has 0 spiro atoms. The predicted molar refractivity (Wildman–Crippen MR) is 80.7 cm³/mol. The van der Waals surface area contributed by atoms with E-state index in [1.807, 2.05) is 0 Å². The van der Waals surface area contributed by atoms with E-state index in [0.29, 0.717) is 6.07 Å². The van der Waals surface area contributed by atoms with Crippen LogP contribution in [0.15, 0.2) is 36.4 Å². The topological polar surface area (TPSA) is 81.4 Å². The first kappa shape index (κ1) is 17.3. The van der Waals surface area contributed by atoms with Gasteiger partial charge in [-0.2, -0.15) is 0 Å². The Hall–Kier alpha value is -3.03. The molecule has 1 atom stereocenters. The van der Waals surface area contributed by atoms with E-state index >= 15 is 0 Å². The van der Waals surface area contributed by atoms with Crippen LogP contribution in [0.3, 0.4) is 0 Å². The van der Waals surface area contributed by atoms with Crippen LogP contribution in [0.5, 0.6) is 0 Å². The van der Waals surface area contributed by atoms with E-state index in [1.54, 1.807) is 0 Å². The van der Waals surface area contributed by atoms with Gasteiger partial charge in [-0.15, -0.1) is 0 Å². The Morgan fingerprint density at radius 2 is 1.71 bits per heavy atom. The average molecular weight is 338 g/mol. The molecule has 0 unspecified atom stereocenters. The molecule has 126 valence electrons. The van der Waals surface area contributed by atoms with Gasteiger partial charge in [-0.1, -0.05) is 0 Å². The van der Waals surface area contributed by atoms with Crippen LogP contribution in [0.2, 0.25) is 0 Å². The number of carbonyl (C=O) groups excluding carboxylic acids is 2. The highest BCUT2D eigenvalue weighted by Crippen LogP contribution is 2.17. The minimum atomic E-state index is -1.29. The zero-order valence-corrected chi connectivity index (χ0v) is 12.5. The lowest BCUT2D eigenvalue weighted by molar-refractivity contribution is -0.123. The number of anilines is 2. The van der Waals surface area contributed by atoms with Gasteiger partial charge in [0.15, 0.2) is 6.10 Å². The van der Waals surface area contributed by atoms with Gasteiger partial charge in [-0.25, -0.2) is 18.0 Å². The zero-order valence-electron chi connectivity index (χ0n) is 12.5. The molecule has 24 heavy (non-hydrogen) atoms. The second-order valence-electron chi connectivity index (χ2n) is 4.89. The highest BCUT2D eigenvalue weighted by Gasteiger charge is 2.21. The first-order valence-electron chi connectivity index (χ1n) is 6.80. The van der Waals surface area contributed by atoms with Crippen molar-refractivity contribution >= 4 is 23.3 Å². The summed E-state index contributed by atoms with van der Waals surface area (Å²) >= 11 is 0. The first-order chi connectivity index (χ1) is 11.3. The maximum absolute atomic E-state index is 13.5. The summed E-state index contributed by atoms with van der Waals surface area (Å²) < 4.78 is 44.1. The minimum absolute atomic E-state index is 0.107. The van der Waals surface area contributed by atoms with Crippen molar-refractivity contribution < 1.29 is 27.5 Å². The van der Waals surface area contributed by atoms with Crippen molar-refractivity contribution in [2.24, 2.45) is 0 Å². The van der Waals surface area contributed by atoms with Crippen LogP contribution in [0.1, 0.15) is 17.3 Å². The molecule has 1 amide bonds. The molecule has 0 aromatic heterocycles. The molecule has 3 N–H and O–H groups in total. The highest BCUT2D eigenvalue weighted by molar-refractivity contribution is 5.99. The van der Waals surface area contributed by atoms with Crippen LogP contribution in [-0.4, -0.2) is 18.0 Å². The SMILES string of the molecule is C[C@@H](OC(=O)c1ccc(F)cc1N)C(=O)Nc1ccc(F)cc1F. The molecule has 0 aliphatic heterocycles. The van der Waals surface area contributed by atoms with Crippen molar-refractivity contribution in [2.75, 3.05) is 11.1 Å². The van der Waals surface area contributed by atoms with E-state index in [1.165, 1.54) is 6.92 Å². The summed E-state index contributed by atoms with van der Waals surface area (Å²) in [5.41, 5.74) is 5.00. The second kappa shape index (κ2) is 7.03. The second-order valence-corrected chi connectivity index (χ2v) is 4.89. The number of nitrogens with two attached hydrogens (primary N) is 1. The molecule has 2 rings (SSSR count). The van der Waals surface area contributed by atoms with Gasteiger partial charge in [0.2, 0.25) is 0 Å². The largest absolute Gasteiger partial charge is 0.449 e. The Labute approximate surface area is 135 Å². The normalized spacial score (nSPS) is 11.7. The average Bonchev–Trinajstić information content (AvgIpc) is 2.49. The molecule has 0 fully saturated rings. The van der Waals surface area contributed by atoms with Crippen molar-refractivity contribution in [3.05, 3.63) is 59.4 Å². The van der Waals surface area contributed by atoms with Crippen LogP contribution < -0.4 is 11.1 Å². The van der Waals surface area contributed by atoms with Gasteiger partial charge >= 0.3 is 5.97 Å². The number of amides is 1. The maximum atomic E-state index is 13.5.